The third-order valence-corrected chi connectivity index (χ3v) is 3.06. The van der Waals surface area contributed by atoms with E-state index in [0.29, 0.717) is 25.7 Å². The van der Waals surface area contributed by atoms with E-state index in [9.17, 15) is 4.79 Å². The lowest BCUT2D eigenvalue weighted by Crippen LogP contribution is -2.43. The fourth-order valence-electron chi connectivity index (χ4n) is 1.98. The van der Waals surface area contributed by atoms with Crippen molar-refractivity contribution in [2.45, 2.75) is 25.8 Å². The summed E-state index contributed by atoms with van der Waals surface area (Å²) in [7, 11) is 1.67. The summed E-state index contributed by atoms with van der Waals surface area (Å²) in [4.78, 5) is 16.2. The summed E-state index contributed by atoms with van der Waals surface area (Å²) >= 11 is 0. The van der Waals surface area contributed by atoms with Gasteiger partial charge >= 0.3 is 0 Å². The average Bonchev–Trinajstić information content (AvgIpc) is 3.11. The molecule has 0 atom stereocenters. The first-order valence-corrected chi connectivity index (χ1v) is 6.43. The molecule has 2 N–H and O–H groups in total. The first-order valence-electron chi connectivity index (χ1n) is 6.43. The van der Waals surface area contributed by atoms with Crippen LogP contribution >= 0.6 is 0 Å². The molecule has 0 bridgehead atoms. The zero-order valence-electron chi connectivity index (χ0n) is 11.0. The van der Waals surface area contributed by atoms with Gasteiger partial charge < -0.3 is 15.4 Å². The quantitative estimate of drug-likeness (QED) is 0.614. The molecule has 0 heterocycles. The van der Waals surface area contributed by atoms with E-state index in [1.807, 2.05) is 11.8 Å². The monoisotopic (exact) mass is 243 g/mol. The van der Waals surface area contributed by atoms with Crippen molar-refractivity contribution in [2.24, 2.45) is 5.73 Å². The molecule has 17 heavy (non-hydrogen) atoms. The van der Waals surface area contributed by atoms with Gasteiger partial charge in [0.1, 0.15) is 0 Å². The summed E-state index contributed by atoms with van der Waals surface area (Å²) in [6.45, 7) is 6.04. The van der Waals surface area contributed by atoms with Crippen molar-refractivity contribution in [3.8, 4) is 0 Å². The van der Waals surface area contributed by atoms with E-state index in [1.54, 1.807) is 7.11 Å². The molecular weight excluding hydrogens is 218 g/mol. The van der Waals surface area contributed by atoms with Gasteiger partial charge in [-0.1, -0.05) is 0 Å². The Morgan fingerprint density at radius 1 is 1.41 bits per heavy atom. The van der Waals surface area contributed by atoms with Gasteiger partial charge in [-0.3, -0.25) is 9.69 Å². The van der Waals surface area contributed by atoms with E-state index < -0.39 is 0 Å². The first kappa shape index (κ1) is 14.4. The van der Waals surface area contributed by atoms with Gasteiger partial charge in [0.25, 0.3) is 0 Å². The lowest BCUT2D eigenvalue weighted by molar-refractivity contribution is -0.132. The molecule has 0 radical (unpaired) electrons. The van der Waals surface area contributed by atoms with E-state index >= 15 is 0 Å². The van der Waals surface area contributed by atoms with Gasteiger partial charge in [0, 0.05) is 39.3 Å². The summed E-state index contributed by atoms with van der Waals surface area (Å²) in [5.74, 6) is 0.222. The summed E-state index contributed by atoms with van der Waals surface area (Å²) in [6, 6.07) is 0.495. The van der Waals surface area contributed by atoms with Crippen LogP contribution in [0.2, 0.25) is 0 Å². The van der Waals surface area contributed by atoms with Crippen molar-refractivity contribution >= 4 is 5.91 Å². The summed E-state index contributed by atoms with van der Waals surface area (Å²) in [6.07, 6.45) is 2.32. The minimum atomic E-state index is 0.222. The number of ether oxygens (including phenoxy) is 1. The molecule has 1 saturated carbocycles. The number of nitrogens with zero attached hydrogens (tertiary/aromatic N) is 2. The molecule has 1 aliphatic carbocycles. The largest absolute Gasteiger partial charge is 0.383 e. The fraction of sp³-hybridized carbons (Fsp3) is 0.917. The Balaban J connectivity index is 2.37. The molecule has 0 spiro atoms. The Hall–Kier alpha value is -0.650. The molecule has 5 nitrogen and oxygen atoms in total. The number of likely N-dealkylation sites (N-methyl/N-ethyl adjacent to an activating group) is 1. The number of hydrogen-bond donors (Lipinski definition) is 1. The number of hydrogen-bond acceptors (Lipinski definition) is 4. The van der Waals surface area contributed by atoms with Crippen LogP contribution < -0.4 is 5.73 Å². The maximum absolute atomic E-state index is 12.1. The number of carbonyl (C=O) groups excluding carboxylic acids is 1. The third kappa shape index (κ3) is 5.02. The lowest BCUT2D eigenvalue weighted by Gasteiger charge is -2.26. The van der Waals surface area contributed by atoms with Crippen molar-refractivity contribution in [2.75, 3.05) is 46.4 Å². The van der Waals surface area contributed by atoms with Crippen LogP contribution in [0.15, 0.2) is 0 Å². The van der Waals surface area contributed by atoms with E-state index in [2.05, 4.69) is 4.90 Å². The van der Waals surface area contributed by atoms with Crippen LogP contribution in [0.25, 0.3) is 0 Å². The van der Waals surface area contributed by atoms with Crippen LogP contribution in [-0.2, 0) is 9.53 Å². The second-order valence-corrected chi connectivity index (χ2v) is 4.47. The van der Waals surface area contributed by atoms with Crippen LogP contribution in [-0.4, -0.2) is 68.2 Å². The zero-order valence-corrected chi connectivity index (χ0v) is 11.0. The highest BCUT2D eigenvalue weighted by molar-refractivity contribution is 5.78. The number of amides is 1. The minimum absolute atomic E-state index is 0.222. The van der Waals surface area contributed by atoms with Gasteiger partial charge in [-0.25, -0.2) is 0 Å². The molecule has 1 rings (SSSR count). The van der Waals surface area contributed by atoms with Crippen molar-refractivity contribution in [3.05, 3.63) is 0 Å². The Bertz CT molecular complexity index is 232. The van der Waals surface area contributed by atoms with Crippen LogP contribution in [0.3, 0.4) is 0 Å². The summed E-state index contributed by atoms with van der Waals surface area (Å²) in [5.41, 5.74) is 5.55. The van der Waals surface area contributed by atoms with Crippen LogP contribution in [0.4, 0.5) is 0 Å². The Kier molecular flexibility index (Phi) is 6.47. The van der Waals surface area contributed by atoms with Gasteiger partial charge in [0.2, 0.25) is 5.91 Å². The van der Waals surface area contributed by atoms with Crippen molar-refractivity contribution in [1.29, 1.82) is 0 Å². The van der Waals surface area contributed by atoms with E-state index in [1.165, 1.54) is 0 Å². The van der Waals surface area contributed by atoms with E-state index in [0.717, 1.165) is 32.5 Å². The molecule has 0 unspecified atom stereocenters. The van der Waals surface area contributed by atoms with Gasteiger partial charge in [0.15, 0.2) is 0 Å². The normalized spacial score (nSPS) is 15.3. The number of methoxy groups -OCH3 is 1. The molecule has 0 aromatic rings. The lowest BCUT2D eigenvalue weighted by atomic mass is 10.3. The van der Waals surface area contributed by atoms with Crippen LogP contribution in [0.1, 0.15) is 19.8 Å². The molecule has 1 aliphatic rings. The third-order valence-electron chi connectivity index (χ3n) is 3.06. The summed E-state index contributed by atoms with van der Waals surface area (Å²) < 4.78 is 5.04. The van der Waals surface area contributed by atoms with Gasteiger partial charge in [0.05, 0.1) is 13.2 Å². The Morgan fingerprint density at radius 2 is 2.12 bits per heavy atom. The number of rotatable bonds is 9. The number of nitrogens with two attached hydrogens (primary N) is 1. The summed E-state index contributed by atoms with van der Waals surface area (Å²) in [5, 5.41) is 0. The number of carbonyl (C=O) groups is 1. The zero-order chi connectivity index (χ0) is 12.7. The molecule has 1 fully saturated rings. The fourth-order valence-corrected chi connectivity index (χ4v) is 1.98. The predicted molar refractivity (Wildman–Crippen MR) is 67.8 cm³/mol. The van der Waals surface area contributed by atoms with E-state index in [4.69, 9.17) is 10.5 Å². The Morgan fingerprint density at radius 3 is 2.59 bits per heavy atom. The van der Waals surface area contributed by atoms with Crippen molar-refractivity contribution in [3.63, 3.8) is 0 Å². The highest BCUT2D eigenvalue weighted by Crippen LogP contribution is 2.26. The molecule has 0 saturated heterocycles. The van der Waals surface area contributed by atoms with Crippen molar-refractivity contribution < 1.29 is 9.53 Å². The standard InChI is InChI=1S/C12H25N3O2/c1-3-15(11-4-5-11)12(16)10-14(7-6-13)8-9-17-2/h11H,3-10,13H2,1-2H3. The highest BCUT2D eigenvalue weighted by Gasteiger charge is 2.31. The molecule has 0 aromatic heterocycles. The van der Waals surface area contributed by atoms with Gasteiger partial charge in [-0.15, -0.1) is 0 Å². The second kappa shape index (κ2) is 7.63. The molecule has 1 amide bonds. The average molecular weight is 243 g/mol. The van der Waals surface area contributed by atoms with Gasteiger partial charge in [-0.05, 0) is 19.8 Å². The first-order chi connectivity index (χ1) is 8.22. The maximum atomic E-state index is 12.1. The maximum Gasteiger partial charge on any atom is 0.236 e. The van der Waals surface area contributed by atoms with Crippen molar-refractivity contribution in [1.82, 2.24) is 9.80 Å². The smallest absolute Gasteiger partial charge is 0.236 e. The van der Waals surface area contributed by atoms with Crippen LogP contribution in [0.5, 0.6) is 0 Å². The second-order valence-electron chi connectivity index (χ2n) is 4.47. The SMILES string of the molecule is CCN(C(=O)CN(CCN)CCOC)C1CC1. The highest BCUT2D eigenvalue weighted by atomic mass is 16.5. The van der Waals surface area contributed by atoms with Gasteiger partial charge in [-0.2, -0.15) is 0 Å². The van der Waals surface area contributed by atoms with E-state index in [-0.39, 0.29) is 5.91 Å². The minimum Gasteiger partial charge on any atom is -0.383 e. The molecule has 5 heteroatoms. The predicted octanol–water partition coefficient (Wildman–Crippen LogP) is -0.0956. The van der Waals surface area contributed by atoms with Crippen LogP contribution in [0, 0.1) is 0 Å². The molecule has 0 aliphatic heterocycles. The molecule has 0 aromatic carbocycles. The topological polar surface area (TPSA) is 58.8 Å². The molecular formula is C12H25N3O2. The molecule has 100 valence electrons. The Labute approximate surface area is 104 Å².